The zero-order chi connectivity index (χ0) is 31.2. The molecular weight excluding hydrogens is 580 g/mol. The predicted octanol–water partition coefficient (Wildman–Crippen LogP) is 1.29. The highest BCUT2D eigenvalue weighted by Crippen LogP contribution is 2.38. The number of anilines is 3. The van der Waals surface area contributed by atoms with Crippen LogP contribution in [0.25, 0.3) is 0 Å². The molecule has 14 nitrogen and oxygen atoms in total. The Labute approximate surface area is 255 Å². The second-order valence-corrected chi connectivity index (χ2v) is 10.7. The van der Waals surface area contributed by atoms with Crippen molar-refractivity contribution in [1.82, 2.24) is 26.1 Å². The molecule has 3 heterocycles. The molecule has 1 atom stereocenters. The number of nitrogens with one attached hydrogen (secondary N) is 3. The zero-order valence-corrected chi connectivity index (χ0v) is 23.8. The summed E-state index contributed by atoms with van der Waals surface area (Å²) in [6, 6.07) is 12.3. The predicted molar refractivity (Wildman–Crippen MR) is 163 cm³/mol. The summed E-state index contributed by atoms with van der Waals surface area (Å²) in [5.74, 6) is 0.474. The highest BCUT2D eigenvalue weighted by Gasteiger charge is 2.30. The first-order chi connectivity index (χ1) is 21.8. The fourth-order valence-electron chi connectivity index (χ4n) is 5.70. The number of nitrogen functional groups attached to an aromatic ring is 1. The fourth-order valence-corrected chi connectivity index (χ4v) is 5.70. The molecule has 226 valence electrons. The van der Waals surface area contributed by atoms with Crippen LogP contribution in [0.3, 0.4) is 0 Å². The van der Waals surface area contributed by atoms with E-state index in [9.17, 15) is 19.2 Å². The van der Waals surface area contributed by atoms with E-state index in [-0.39, 0.29) is 35.3 Å². The smallest absolute Gasteiger partial charge is 0.270 e. The van der Waals surface area contributed by atoms with Crippen molar-refractivity contribution in [1.29, 1.82) is 0 Å². The van der Waals surface area contributed by atoms with Gasteiger partial charge in [0.2, 0.25) is 5.88 Å². The van der Waals surface area contributed by atoms with Crippen molar-refractivity contribution < 1.29 is 19.2 Å². The normalized spacial score (nSPS) is 16.6. The molecule has 3 aliphatic rings. The summed E-state index contributed by atoms with van der Waals surface area (Å²) in [5, 5.41) is 5.81. The van der Waals surface area contributed by atoms with Crippen LogP contribution >= 0.6 is 0 Å². The van der Waals surface area contributed by atoms with E-state index in [0.717, 1.165) is 23.1 Å². The average molecular weight is 607 g/mol. The summed E-state index contributed by atoms with van der Waals surface area (Å²) in [7, 11) is 0. The summed E-state index contributed by atoms with van der Waals surface area (Å²) in [5.41, 5.74) is 11.6. The summed E-state index contributed by atoms with van der Waals surface area (Å²) < 4.78 is 5.69. The summed E-state index contributed by atoms with van der Waals surface area (Å²) in [6.07, 6.45) is 2.66. The maximum atomic E-state index is 13.1. The van der Waals surface area contributed by atoms with E-state index in [1.54, 1.807) is 23.1 Å². The van der Waals surface area contributed by atoms with Crippen molar-refractivity contribution in [3.05, 3.63) is 115 Å². The maximum absolute atomic E-state index is 13.1. The Bertz CT molecular complexity index is 2010. The number of amides is 2. The highest BCUT2D eigenvalue weighted by atomic mass is 16.7. The molecule has 7 rings (SSSR count). The van der Waals surface area contributed by atoms with Crippen molar-refractivity contribution in [2.45, 2.75) is 25.4 Å². The monoisotopic (exact) mass is 606 g/mol. The van der Waals surface area contributed by atoms with Crippen molar-refractivity contribution in [2.75, 3.05) is 23.8 Å². The highest BCUT2D eigenvalue weighted by molar-refractivity contribution is 6.00. The van der Waals surface area contributed by atoms with Crippen LogP contribution < -0.4 is 42.3 Å². The minimum atomic E-state index is -0.697. The number of hydrogen-bond acceptors (Lipinski definition) is 12. The van der Waals surface area contributed by atoms with Crippen molar-refractivity contribution in [3.63, 3.8) is 0 Å². The number of nitrogens with zero attached hydrogens (tertiary/aromatic N) is 4. The lowest BCUT2D eigenvalue weighted by Crippen LogP contribution is -2.43. The van der Waals surface area contributed by atoms with Crippen LogP contribution in [0, 0.1) is 0 Å². The van der Waals surface area contributed by atoms with E-state index in [4.69, 9.17) is 15.3 Å². The first-order valence-corrected chi connectivity index (χ1v) is 14.1. The van der Waals surface area contributed by atoms with Gasteiger partial charge < -0.3 is 30.8 Å². The number of hydrogen-bond donors (Lipinski definition) is 4. The van der Waals surface area contributed by atoms with Crippen LogP contribution in [0.2, 0.25) is 0 Å². The fraction of sp³-hybridized carbons (Fsp3) is 0.194. The van der Waals surface area contributed by atoms with Gasteiger partial charge in [0, 0.05) is 18.2 Å². The van der Waals surface area contributed by atoms with Gasteiger partial charge in [-0.05, 0) is 54.3 Å². The Morgan fingerprint density at radius 2 is 1.89 bits per heavy atom. The molecule has 0 saturated heterocycles. The number of carbonyl (C=O) groups excluding carboxylic acids is 2. The van der Waals surface area contributed by atoms with Crippen molar-refractivity contribution in [3.8, 4) is 5.75 Å². The van der Waals surface area contributed by atoms with Gasteiger partial charge in [-0.1, -0.05) is 18.2 Å². The molecule has 0 unspecified atom stereocenters. The molecule has 0 fully saturated rings. The Morgan fingerprint density at radius 1 is 1.07 bits per heavy atom. The standard InChI is InChI=1S/C31H26N8O6/c1-15-36-29(38-45-15)18-3-5-19-17(11-18)4-6-20(19)37-31(43)22-12-21(34-14-35-22)30(42)33-13-16-2-7-24-23(10-16)39(8-9-44-24)26-25(32)27(40)28(26)41/h2-3,5,7,10-12,14,20H,1,4,6,8-9,13,32H2,(H,33,42)(H,36,38)(H,37,43)/t20-/m0/s1. The SMILES string of the molecule is C=C1N=C(c2ccc3c(c2)CC[C@@H]3NC(=O)c2cc(C(=O)NCc3ccc4c(c3)N(c3c(N)c(=O)c3=O)CCO4)ncn2)NO1. The molecule has 0 radical (unpaired) electrons. The Balaban J connectivity index is 1.01. The van der Waals surface area contributed by atoms with E-state index in [2.05, 4.69) is 37.7 Å². The third kappa shape index (κ3) is 5.01. The molecule has 0 bridgehead atoms. The molecule has 0 spiro atoms. The molecule has 4 aromatic rings. The lowest BCUT2D eigenvalue weighted by molar-refractivity contribution is 0.0931. The Kier molecular flexibility index (Phi) is 6.72. The molecule has 5 N–H and O–H groups in total. The lowest BCUT2D eigenvalue weighted by atomic mass is 10.0. The number of carbonyl (C=O) groups is 2. The molecule has 2 aliphatic heterocycles. The van der Waals surface area contributed by atoms with Crippen LogP contribution in [-0.4, -0.2) is 40.8 Å². The molecule has 3 aromatic carbocycles. The minimum absolute atomic E-state index is 0.0275. The molecule has 1 aromatic heterocycles. The van der Waals surface area contributed by atoms with Gasteiger partial charge in [0.15, 0.2) is 5.84 Å². The summed E-state index contributed by atoms with van der Waals surface area (Å²) in [6.45, 7) is 4.45. The second kappa shape index (κ2) is 10.9. The Morgan fingerprint density at radius 3 is 2.67 bits per heavy atom. The van der Waals surface area contributed by atoms with Crippen molar-refractivity contribution in [2.24, 2.45) is 4.99 Å². The van der Waals surface area contributed by atoms with Crippen molar-refractivity contribution >= 4 is 34.7 Å². The number of amidine groups is 1. The third-order valence-corrected chi connectivity index (χ3v) is 7.96. The van der Waals surface area contributed by atoms with Gasteiger partial charge in [0.25, 0.3) is 22.7 Å². The lowest BCUT2D eigenvalue weighted by Gasteiger charge is -2.32. The van der Waals surface area contributed by atoms with Gasteiger partial charge in [-0.15, -0.1) is 0 Å². The Hall–Kier alpha value is -6.05. The second-order valence-electron chi connectivity index (χ2n) is 10.7. The number of nitrogens with two attached hydrogens (primary N) is 1. The van der Waals surface area contributed by atoms with E-state index in [0.29, 0.717) is 48.3 Å². The number of ether oxygens (including phenoxy) is 1. The molecule has 0 saturated carbocycles. The van der Waals surface area contributed by atoms with Crippen LogP contribution in [0.4, 0.5) is 17.1 Å². The first kappa shape index (κ1) is 27.8. The van der Waals surface area contributed by atoms with E-state index < -0.39 is 22.7 Å². The van der Waals surface area contributed by atoms with Gasteiger partial charge >= 0.3 is 0 Å². The number of aryl methyl sites for hydroxylation is 1. The van der Waals surface area contributed by atoms with Gasteiger partial charge in [-0.25, -0.2) is 15.4 Å². The molecular formula is C31H26N8O6. The molecule has 2 amide bonds. The molecule has 14 heteroatoms. The third-order valence-electron chi connectivity index (χ3n) is 7.96. The van der Waals surface area contributed by atoms with Crippen LogP contribution in [-0.2, 0) is 17.8 Å². The van der Waals surface area contributed by atoms with E-state index >= 15 is 0 Å². The topological polar surface area (TPSA) is 190 Å². The minimum Gasteiger partial charge on any atom is -0.490 e. The quantitative estimate of drug-likeness (QED) is 0.222. The maximum Gasteiger partial charge on any atom is 0.270 e. The van der Waals surface area contributed by atoms with E-state index in [1.807, 2.05) is 18.2 Å². The van der Waals surface area contributed by atoms with Crippen LogP contribution in [0.5, 0.6) is 5.75 Å². The number of aromatic nitrogens is 2. The van der Waals surface area contributed by atoms with Gasteiger partial charge in [0.1, 0.15) is 41.4 Å². The van der Waals surface area contributed by atoms with Gasteiger partial charge in [-0.3, -0.25) is 19.2 Å². The number of aliphatic imine (C=N–C) groups is 1. The van der Waals surface area contributed by atoms with Gasteiger partial charge in [0.05, 0.1) is 18.3 Å². The summed E-state index contributed by atoms with van der Waals surface area (Å²) in [4.78, 5) is 69.1. The number of benzene rings is 2. The number of fused-ring (bicyclic) bond motifs is 2. The zero-order valence-electron chi connectivity index (χ0n) is 23.8. The molecule has 45 heavy (non-hydrogen) atoms. The summed E-state index contributed by atoms with van der Waals surface area (Å²) >= 11 is 0. The number of hydroxylamine groups is 1. The van der Waals surface area contributed by atoms with E-state index in [1.165, 1.54) is 12.4 Å². The van der Waals surface area contributed by atoms with Crippen LogP contribution in [0.15, 0.2) is 75.8 Å². The number of rotatable bonds is 7. The van der Waals surface area contributed by atoms with Gasteiger partial charge in [-0.2, -0.15) is 4.99 Å². The largest absolute Gasteiger partial charge is 0.490 e. The van der Waals surface area contributed by atoms with Crippen LogP contribution in [0.1, 0.15) is 55.7 Å². The molecule has 1 aliphatic carbocycles. The average Bonchev–Trinajstić information content (AvgIpc) is 3.69. The first-order valence-electron chi connectivity index (χ1n) is 14.1.